The Morgan fingerprint density at radius 3 is 2.63 bits per heavy atom. The molecule has 0 spiro atoms. The number of unbranched alkanes of at least 4 members (excludes halogenated alkanes) is 2. The van der Waals surface area contributed by atoms with Gasteiger partial charge in [-0.2, -0.15) is 0 Å². The number of aromatic hydroxyl groups is 1. The van der Waals surface area contributed by atoms with Gasteiger partial charge in [0.2, 0.25) is 0 Å². The highest BCUT2D eigenvalue weighted by Gasteiger charge is 2.37. The number of hydrogen-bond acceptors (Lipinski definition) is 5. The summed E-state index contributed by atoms with van der Waals surface area (Å²) >= 11 is 0. The van der Waals surface area contributed by atoms with Gasteiger partial charge in [-0.1, -0.05) is 19.8 Å². The van der Waals surface area contributed by atoms with Crippen molar-refractivity contribution in [3.8, 4) is 34.1 Å². The van der Waals surface area contributed by atoms with Crippen LogP contribution in [0.25, 0.3) is 11.1 Å². The second kappa shape index (κ2) is 8.76. The summed E-state index contributed by atoms with van der Waals surface area (Å²) in [5, 5.41) is 10.4. The molecule has 2 aliphatic rings. The predicted molar refractivity (Wildman–Crippen MR) is 119 cm³/mol. The molecule has 30 heavy (non-hydrogen) atoms. The molecule has 2 aromatic carbocycles. The van der Waals surface area contributed by atoms with E-state index in [1.807, 2.05) is 19.1 Å². The molecule has 5 heteroatoms. The van der Waals surface area contributed by atoms with Crippen molar-refractivity contribution in [3.05, 3.63) is 34.9 Å². The number of benzene rings is 2. The third-order valence-corrected chi connectivity index (χ3v) is 6.35. The Kier molecular flexibility index (Phi) is 6.09. The van der Waals surface area contributed by atoms with Crippen molar-refractivity contribution >= 4 is 0 Å². The lowest BCUT2D eigenvalue weighted by Crippen LogP contribution is -2.35. The van der Waals surface area contributed by atoms with Gasteiger partial charge in [-0.3, -0.25) is 4.90 Å². The minimum absolute atomic E-state index is 0.185. The van der Waals surface area contributed by atoms with Crippen LogP contribution in [0.2, 0.25) is 0 Å². The van der Waals surface area contributed by atoms with Crippen LogP contribution in [0.3, 0.4) is 0 Å². The topological polar surface area (TPSA) is 51.2 Å². The molecule has 0 bridgehead atoms. The zero-order chi connectivity index (χ0) is 21.3. The van der Waals surface area contributed by atoms with Gasteiger partial charge < -0.3 is 19.3 Å². The lowest BCUT2D eigenvalue weighted by atomic mass is 9.76. The van der Waals surface area contributed by atoms with Gasteiger partial charge >= 0.3 is 0 Å². The highest BCUT2D eigenvalue weighted by Crippen LogP contribution is 2.54. The number of likely N-dealkylation sites (N-methyl/N-ethyl adjacent to an activating group) is 1. The first-order valence-electron chi connectivity index (χ1n) is 11.1. The first-order chi connectivity index (χ1) is 14.6. The molecule has 1 aliphatic heterocycles. The van der Waals surface area contributed by atoms with Gasteiger partial charge in [0.15, 0.2) is 23.0 Å². The van der Waals surface area contributed by atoms with E-state index in [9.17, 15) is 5.11 Å². The van der Waals surface area contributed by atoms with Gasteiger partial charge in [0.1, 0.15) is 0 Å². The molecule has 1 unspecified atom stereocenters. The summed E-state index contributed by atoms with van der Waals surface area (Å²) in [7, 11) is 3.78. The molecular weight excluding hydrogens is 378 g/mol. The molecule has 4 rings (SSSR count). The molecule has 0 fully saturated rings. The maximum Gasteiger partial charge on any atom is 0.169 e. The maximum atomic E-state index is 10.4. The van der Waals surface area contributed by atoms with E-state index in [0.717, 1.165) is 66.8 Å². The van der Waals surface area contributed by atoms with Gasteiger partial charge in [0.25, 0.3) is 0 Å². The monoisotopic (exact) mass is 411 g/mol. The van der Waals surface area contributed by atoms with E-state index in [1.54, 1.807) is 7.11 Å². The number of methoxy groups -OCH3 is 1. The number of nitrogens with zero attached hydrogens (tertiary/aromatic N) is 1. The van der Waals surface area contributed by atoms with E-state index in [0.29, 0.717) is 19.0 Å². The van der Waals surface area contributed by atoms with Crippen LogP contribution in [-0.4, -0.2) is 43.9 Å². The highest BCUT2D eigenvalue weighted by atomic mass is 16.5. The molecule has 2 aromatic rings. The highest BCUT2D eigenvalue weighted by molar-refractivity contribution is 5.85. The van der Waals surface area contributed by atoms with Gasteiger partial charge in [-0.25, -0.2) is 0 Å². The van der Waals surface area contributed by atoms with Gasteiger partial charge in [-0.05, 0) is 73.7 Å². The van der Waals surface area contributed by atoms with Crippen molar-refractivity contribution in [1.82, 2.24) is 4.90 Å². The molecule has 0 amide bonds. The lowest BCUT2D eigenvalue weighted by Gasteiger charge is -2.40. The molecule has 1 N–H and O–H groups in total. The first kappa shape index (κ1) is 20.9. The lowest BCUT2D eigenvalue weighted by molar-refractivity contribution is 0.224. The van der Waals surface area contributed by atoms with Crippen LogP contribution < -0.4 is 14.2 Å². The molecule has 1 aliphatic carbocycles. The normalized spacial score (nSPS) is 17.3. The van der Waals surface area contributed by atoms with E-state index in [-0.39, 0.29) is 11.8 Å². The SMILES string of the molecule is CCCCCOc1c(OCC)cc2c3c1-c1cc(OC)c(O)cc1CC3N(C)CC2. The fraction of sp³-hybridized carbons (Fsp3) is 0.520. The molecule has 162 valence electrons. The molecule has 0 saturated carbocycles. The van der Waals surface area contributed by atoms with Crippen LogP contribution in [-0.2, 0) is 12.8 Å². The van der Waals surface area contributed by atoms with E-state index < -0.39 is 0 Å². The predicted octanol–water partition coefficient (Wildman–Crippen LogP) is 5.12. The Labute approximate surface area is 179 Å². The van der Waals surface area contributed by atoms with Gasteiger partial charge in [-0.15, -0.1) is 0 Å². The van der Waals surface area contributed by atoms with Crippen LogP contribution in [0.15, 0.2) is 18.2 Å². The smallest absolute Gasteiger partial charge is 0.169 e. The quantitative estimate of drug-likeness (QED) is 0.611. The molecular formula is C25H33NO4. The number of rotatable bonds is 8. The van der Waals surface area contributed by atoms with Crippen molar-refractivity contribution in [1.29, 1.82) is 0 Å². The Balaban J connectivity index is 1.93. The summed E-state index contributed by atoms with van der Waals surface area (Å²) in [4.78, 5) is 2.41. The number of fused-ring (bicyclic) bond motifs is 2. The Morgan fingerprint density at radius 1 is 1.07 bits per heavy atom. The van der Waals surface area contributed by atoms with Crippen molar-refractivity contribution in [2.45, 2.75) is 52.0 Å². The Hall–Kier alpha value is -2.40. The summed E-state index contributed by atoms with van der Waals surface area (Å²) in [5.74, 6) is 2.33. The van der Waals surface area contributed by atoms with E-state index in [4.69, 9.17) is 14.2 Å². The van der Waals surface area contributed by atoms with E-state index in [1.165, 1.54) is 11.1 Å². The largest absolute Gasteiger partial charge is 0.504 e. The standard InChI is InChI=1S/C25H33NO4/c1-5-7-8-11-30-25-22(29-6-2)14-16-9-10-26(3)19-12-17-13-20(27)21(28-4)15-18(17)24(25)23(16)19/h13-15,19,27H,5-12H2,1-4H3. The van der Waals surface area contributed by atoms with Crippen molar-refractivity contribution in [2.24, 2.45) is 0 Å². The van der Waals surface area contributed by atoms with Crippen molar-refractivity contribution in [2.75, 3.05) is 33.9 Å². The van der Waals surface area contributed by atoms with Crippen molar-refractivity contribution in [3.63, 3.8) is 0 Å². The van der Waals surface area contributed by atoms with Crippen molar-refractivity contribution < 1.29 is 19.3 Å². The molecule has 0 aromatic heterocycles. The van der Waals surface area contributed by atoms with Crippen LogP contribution in [0.4, 0.5) is 0 Å². The van der Waals surface area contributed by atoms with Crippen LogP contribution in [0.5, 0.6) is 23.0 Å². The zero-order valence-electron chi connectivity index (χ0n) is 18.6. The van der Waals surface area contributed by atoms with Crippen LogP contribution >= 0.6 is 0 Å². The zero-order valence-corrected chi connectivity index (χ0v) is 18.6. The Morgan fingerprint density at radius 2 is 1.90 bits per heavy atom. The third kappa shape index (κ3) is 3.60. The second-order valence-electron chi connectivity index (χ2n) is 8.27. The number of phenolic OH excluding ortho intramolecular Hbond substituents is 1. The minimum atomic E-state index is 0.185. The number of ether oxygens (including phenoxy) is 3. The second-order valence-corrected chi connectivity index (χ2v) is 8.27. The minimum Gasteiger partial charge on any atom is -0.504 e. The van der Waals surface area contributed by atoms with Crippen LogP contribution in [0.1, 0.15) is 55.8 Å². The van der Waals surface area contributed by atoms with E-state index in [2.05, 4.69) is 24.9 Å². The average Bonchev–Trinajstić information content (AvgIpc) is 2.74. The Bertz CT molecular complexity index is 924. The van der Waals surface area contributed by atoms with Gasteiger partial charge in [0, 0.05) is 18.2 Å². The average molecular weight is 412 g/mol. The molecule has 1 atom stereocenters. The third-order valence-electron chi connectivity index (χ3n) is 6.35. The maximum absolute atomic E-state index is 10.4. The van der Waals surface area contributed by atoms with E-state index >= 15 is 0 Å². The summed E-state index contributed by atoms with van der Waals surface area (Å²) in [6.45, 7) is 6.49. The fourth-order valence-corrected chi connectivity index (χ4v) is 4.81. The molecule has 0 saturated heterocycles. The van der Waals surface area contributed by atoms with Gasteiger partial charge in [0.05, 0.1) is 20.3 Å². The number of hydrogen-bond donors (Lipinski definition) is 1. The summed E-state index contributed by atoms with van der Waals surface area (Å²) in [6, 6.07) is 6.28. The summed E-state index contributed by atoms with van der Waals surface area (Å²) in [5.41, 5.74) is 6.01. The van der Waals surface area contributed by atoms with Crippen LogP contribution in [0, 0.1) is 0 Å². The number of phenols is 1. The summed E-state index contributed by atoms with van der Waals surface area (Å²) in [6.07, 6.45) is 5.19. The molecule has 1 heterocycles. The molecule has 5 nitrogen and oxygen atoms in total. The molecule has 0 radical (unpaired) electrons. The fourth-order valence-electron chi connectivity index (χ4n) is 4.81. The first-order valence-corrected chi connectivity index (χ1v) is 11.1. The summed E-state index contributed by atoms with van der Waals surface area (Å²) < 4.78 is 17.9.